The van der Waals surface area contributed by atoms with E-state index in [9.17, 15) is 0 Å². The van der Waals surface area contributed by atoms with Crippen LogP contribution in [0.5, 0.6) is 5.75 Å². The number of nitrogens with zero attached hydrogens (tertiary/aromatic N) is 2. The van der Waals surface area contributed by atoms with Gasteiger partial charge in [-0.2, -0.15) is 4.98 Å². The molecule has 1 aliphatic rings. The quantitative estimate of drug-likeness (QED) is 0.914. The van der Waals surface area contributed by atoms with Crippen molar-refractivity contribution in [3.8, 4) is 5.75 Å². The molecule has 0 radical (unpaired) electrons. The third kappa shape index (κ3) is 3.12. The maximum absolute atomic E-state index is 5.58. The van der Waals surface area contributed by atoms with Crippen molar-refractivity contribution in [3.63, 3.8) is 0 Å². The van der Waals surface area contributed by atoms with E-state index in [0.717, 1.165) is 24.5 Å². The highest BCUT2D eigenvalue weighted by molar-refractivity contribution is 5.20. The molecule has 1 saturated heterocycles. The molecule has 1 fully saturated rings. The number of hydrogen-bond acceptors (Lipinski definition) is 5. The molecule has 0 aliphatic carbocycles. The first kappa shape index (κ1) is 12.2. The van der Waals surface area contributed by atoms with Crippen LogP contribution in [0.15, 0.2) is 34.9 Å². The van der Waals surface area contributed by atoms with Crippen molar-refractivity contribution in [1.29, 1.82) is 0 Å². The fourth-order valence-corrected chi connectivity index (χ4v) is 2.20. The molecule has 3 rings (SSSR count). The van der Waals surface area contributed by atoms with Crippen LogP contribution in [-0.2, 0) is 6.61 Å². The lowest BCUT2D eigenvalue weighted by Gasteiger charge is -2.19. The highest BCUT2D eigenvalue weighted by Gasteiger charge is 2.20. The van der Waals surface area contributed by atoms with Crippen LogP contribution in [0.4, 0.5) is 0 Å². The average molecular weight is 259 g/mol. The van der Waals surface area contributed by atoms with E-state index in [2.05, 4.69) is 15.5 Å². The Kier molecular flexibility index (Phi) is 3.74. The van der Waals surface area contributed by atoms with Gasteiger partial charge in [0.1, 0.15) is 5.75 Å². The zero-order chi connectivity index (χ0) is 12.9. The fourth-order valence-electron chi connectivity index (χ4n) is 2.20. The summed E-state index contributed by atoms with van der Waals surface area (Å²) in [5.41, 5.74) is 0. The van der Waals surface area contributed by atoms with E-state index in [1.54, 1.807) is 0 Å². The maximum Gasteiger partial charge on any atom is 0.264 e. The number of aromatic nitrogens is 2. The molecule has 2 heterocycles. The Morgan fingerprint density at radius 1 is 1.26 bits per heavy atom. The molecule has 0 spiro atoms. The number of benzene rings is 1. The third-order valence-electron chi connectivity index (χ3n) is 3.21. The van der Waals surface area contributed by atoms with E-state index in [4.69, 9.17) is 9.26 Å². The Bertz CT molecular complexity index is 506. The van der Waals surface area contributed by atoms with Gasteiger partial charge in [-0.05, 0) is 31.5 Å². The SMILES string of the molecule is c1ccc(OCc2nc(C3CCCCN3)no2)cc1. The molecule has 0 amide bonds. The summed E-state index contributed by atoms with van der Waals surface area (Å²) >= 11 is 0. The number of rotatable bonds is 4. The summed E-state index contributed by atoms with van der Waals surface area (Å²) in [6.45, 7) is 1.33. The molecule has 5 heteroatoms. The third-order valence-corrected chi connectivity index (χ3v) is 3.21. The van der Waals surface area contributed by atoms with Crippen molar-refractivity contribution >= 4 is 0 Å². The Balaban J connectivity index is 1.58. The largest absolute Gasteiger partial charge is 0.484 e. The first-order valence-corrected chi connectivity index (χ1v) is 6.65. The van der Waals surface area contributed by atoms with Crippen LogP contribution >= 0.6 is 0 Å². The highest BCUT2D eigenvalue weighted by Crippen LogP contribution is 2.20. The molecule has 100 valence electrons. The van der Waals surface area contributed by atoms with E-state index >= 15 is 0 Å². The number of para-hydroxylation sites is 1. The van der Waals surface area contributed by atoms with Gasteiger partial charge in [0, 0.05) is 0 Å². The lowest BCUT2D eigenvalue weighted by molar-refractivity contribution is 0.241. The fraction of sp³-hybridized carbons (Fsp3) is 0.429. The maximum atomic E-state index is 5.58. The molecule has 1 aromatic carbocycles. The molecular weight excluding hydrogens is 242 g/mol. The summed E-state index contributed by atoms with van der Waals surface area (Å²) in [4.78, 5) is 4.38. The van der Waals surface area contributed by atoms with Crippen molar-refractivity contribution < 1.29 is 9.26 Å². The smallest absolute Gasteiger partial charge is 0.264 e. The van der Waals surface area contributed by atoms with Crippen LogP contribution in [0.1, 0.15) is 37.0 Å². The summed E-state index contributed by atoms with van der Waals surface area (Å²) in [5, 5.41) is 7.42. The first-order valence-electron chi connectivity index (χ1n) is 6.65. The topological polar surface area (TPSA) is 60.2 Å². The predicted octanol–water partition coefficient (Wildman–Crippen LogP) is 2.46. The molecular formula is C14H17N3O2. The van der Waals surface area contributed by atoms with Gasteiger partial charge < -0.3 is 14.6 Å². The molecule has 5 nitrogen and oxygen atoms in total. The van der Waals surface area contributed by atoms with Gasteiger partial charge in [-0.1, -0.05) is 29.8 Å². The number of piperidine rings is 1. The average Bonchev–Trinajstić information content (AvgIpc) is 2.96. The molecule has 2 aromatic rings. The molecule has 0 bridgehead atoms. The molecule has 1 aromatic heterocycles. The zero-order valence-corrected chi connectivity index (χ0v) is 10.7. The molecule has 1 N–H and O–H groups in total. The van der Waals surface area contributed by atoms with Crippen LogP contribution in [-0.4, -0.2) is 16.7 Å². The summed E-state index contributed by atoms with van der Waals surface area (Å²) in [5.74, 6) is 2.07. The minimum absolute atomic E-state index is 0.225. The normalized spacial score (nSPS) is 19.3. The number of ether oxygens (including phenoxy) is 1. The molecule has 19 heavy (non-hydrogen) atoms. The second-order valence-electron chi connectivity index (χ2n) is 4.65. The van der Waals surface area contributed by atoms with Crippen LogP contribution in [0.3, 0.4) is 0 Å². The van der Waals surface area contributed by atoms with E-state index in [1.807, 2.05) is 30.3 Å². The van der Waals surface area contributed by atoms with Crippen LogP contribution in [0, 0.1) is 0 Å². The summed E-state index contributed by atoms with van der Waals surface area (Å²) in [7, 11) is 0. The number of nitrogens with one attached hydrogen (secondary N) is 1. The van der Waals surface area contributed by atoms with E-state index in [1.165, 1.54) is 12.8 Å². The second-order valence-corrected chi connectivity index (χ2v) is 4.65. The van der Waals surface area contributed by atoms with Crippen molar-refractivity contribution in [2.24, 2.45) is 0 Å². The van der Waals surface area contributed by atoms with Crippen molar-refractivity contribution in [2.75, 3.05) is 6.54 Å². The summed E-state index contributed by atoms with van der Waals surface area (Å²) in [6.07, 6.45) is 3.50. The van der Waals surface area contributed by atoms with E-state index in [0.29, 0.717) is 12.5 Å². The van der Waals surface area contributed by atoms with Crippen molar-refractivity contribution in [3.05, 3.63) is 42.0 Å². The second kappa shape index (κ2) is 5.84. The Hall–Kier alpha value is -1.88. The number of hydrogen-bond donors (Lipinski definition) is 1. The first-order chi connectivity index (χ1) is 9.42. The van der Waals surface area contributed by atoms with Crippen LogP contribution < -0.4 is 10.1 Å². The Labute approximate surface area is 112 Å². The lowest BCUT2D eigenvalue weighted by Crippen LogP contribution is -2.27. The Morgan fingerprint density at radius 3 is 2.95 bits per heavy atom. The summed E-state index contributed by atoms with van der Waals surface area (Å²) < 4.78 is 10.8. The Morgan fingerprint density at radius 2 is 2.16 bits per heavy atom. The standard InChI is InChI=1S/C14H17N3O2/c1-2-6-11(7-3-1)18-10-13-16-14(17-19-13)12-8-4-5-9-15-12/h1-3,6-7,12,15H,4-5,8-10H2. The van der Waals surface area contributed by atoms with Crippen molar-refractivity contribution in [1.82, 2.24) is 15.5 Å². The van der Waals surface area contributed by atoms with Gasteiger partial charge in [0.05, 0.1) is 6.04 Å². The molecule has 1 aliphatic heterocycles. The zero-order valence-electron chi connectivity index (χ0n) is 10.7. The monoisotopic (exact) mass is 259 g/mol. The molecule has 1 atom stereocenters. The van der Waals surface area contributed by atoms with Gasteiger partial charge in [-0.15, -0.1) is 0 Å². The van der Waals surface area contributed by atoms with Crippen LogP contribution in [0.2, 0.25) is 0 Å². The van der Waals surface area contributed by atoms with Gasteiger partial charge >= 0.3 is 0 Å². The van der Waals surface area contributed by atoms with Gasteiger partial charge in [0.2, 0.25) is 0 Å². The van der Waals surface area contributed by atoms with Crippen molar-refractivity contribution in [2.45, 2.75) is 31.9 Å². The van der Waals surface area contributed by atoms with Gasteiger partial charge in [0.25, 0.3) is 5.89 Å². The highest BCUT2D eigenvalue weighted by atomic mass is 16.5. The van der Waals surface area contributed by atoms with Gasteiger partial charge in [-0.25, -0.2) is 0 Å². The molecule has 0 saturated carbocycles. The van der Waals surface area contributed by atoms with E-state index in [-0.39, 0.29) is 6.04 Å². The van der Waals surface area contributed by atoms with E-state index < -0.39 is 0 Å². The minimum Gasteiger partial charge on any atom is -0.484 e. The van der Waals surface area contributed by atoms with Gasteiger partial charge in [0.15, 0.2) is 12.4 Å². The lowest BCUT2D eigenvalue weighted by atomic mass is 10.0. The molecule has 1 unspecified atom stereocenters. The minimum atomic E-state index is 0.225. The van der Waals surface area contributed by atoms with Gasteiger partial charge in [-0.3, -0.25) is 0 Å². The predicted molar refractivity (Wildman–Crippen MR) is 69.7 cm³/mol. The van der Waals surface area contributed by atoms with Crippen LogP contribution in [0.25, 0.3) is 0 Å². The summed E-state index contributed by atoms with van der Waals surface area (Å²) in [6, 6.07) is 9.84.